The van der Waals surface area contributed by atoms with Gasteiger partial charge in [-0.05, 0) is 6.92 Å². The first-order chi connectivity index (χ1) is 7.56. The van der Waals surface area contributed by atoms with Crippen molar-refractivity contribution in [1.29, 1.82) is 0 Å². The summed E-state index contributed by atoms with van der Waals surface area (Å²) in [7, 11) is 0. The van der Waals surface area contributed by atoms with Gasteiger partial charge in [-0.3, -0.25) is 9.69 Å². The molecular weight excluding hydrogens is 228 g/mol. The molecule has 1 saturated heterocycles. The molecular formula is C10H14N2O3S. The molecule has 0 saturated carbocycles. The second kappa shape index (κ2) is 4.48. The largest absolute Gasteiger partial charge is 0.480 e. The maximum Gasteiger partial charge on any atom is 0.321 e. The number of thiazole rings is 1. The van der Waals surface area contributed by atoms with E-state index < -0.39 is 18.1 Å². The lowest BCUT2D eigenvalue weighted by Gasteiger charge is -2.19. The van der Waals surface area contributed by atoms with Gasteiger partial charge in [-0.1, -0.05) is 0 Å². The number of carboxylic acids is 1. The first kappa shape index (κ1) is 11.5. The van der Waals surface area contributed by atoms with E-state index in [1.54, 1.807) is 22.4 Å². The highest BCUT2D eigenvalue weighted by Crippen LogP contribution is 2.23. The van der Waals surface area contributed by atoms with Gasteiger partial charge in [-0.25, -0.2) is 4.98 Å². The van der Waals surface area contributed by atoms with Crippen LogP contribution in [0.25, 0.3) is 0 Å². The average molecular weight is 242 g/mol. The van der Waals surface area contributed by atoms with Crippen LogP contribution < -0.4 is 0 Å². The zero-order chi connectivity index (χ0) is 11.7. The second-order valence-electron chi connectivity index (χ2n) is 4.02. The minimum absolute atomic E-state index is 0.313. The third-order valence-corrected chi connectivity index (χ3v) is 3.59. The van der Waals surface area contributed by atoms with Crippen LogP contribution in [0, 0.1) is 6.92 Å². The highest BCUT2D eigenvalue weighted by molar-refractivity contribution is 7.11. The molecule has 1 aliphatic heterocycles. The smallest absolute Gasteiger partial charge is 0.321 e. The summed E-state index contributed by atoms with van der Waals surface area (Å²) in [5.74, 6) is -0.863. The summed E-state index contributed by atoms with van der Waals surface area (Å²) in [6.07, 6.45) is 1.55. The monoisotopic (exact) mass is 242 g/mol. The molecule has 2 atom stereocenters. The number of β-amino-alcohol motifs (C(OH)–C–C–N with tert-alkyl or cyclic N) is 1. The van der Waals surface area contributed by atoms with Crippen LogP contribution in [-0.2, 0) is 11.3 Å². The van der Waals surface area contributed by atoms with Crippen molar-refractivity contribution in [2.75, 3.05) is 6.54 Å². The van der Waals surface area contributed by atoms with Crippen LogP contribution in [0.5, 0.6) is 0 Å². The molecule has 6 heteroatoms. The van der Waals surface area contributed by atoms with Crippen molar-refractivity contribution in [2.45, 2.75) is 32.0 Å². The van der Waals surface area contributed by atoms with E-state index in [0.29, 0.717) is 19.5 Å². The minimum atomic E-state index is -0.863. The number of aliphatic carboxylic acids is 1. The Kier molecular flexibility index (Phi) is 3.22. The molecule has 0 aliphatic carbocycles. The van der Waals surface area contributed by atoms with Crippen molar-refractivity contribution >= 4 is 17.3 Å². The van der Waals surface area contributed by atoms with Crippen LogP contribution in [0.3, 0.4) is 0 Å². The third kappa shape index (κ3) is 2.40. The Balaban J connectivity index is 2.05. The van der Waals surface area contributed by atoms with E-state index in [2.05, 4.69) is 4.98 Å². The maximum absolute atomic E-state index is 11.0. The Morgan fingerprint density at radius 2 is 2.50 bits per heavy atom. The summed E-state index contributed by atoms with van der Waals surface area (Å²) in [5, 5.41) is 19.5. The fourth-order valence-corrected chi connectivity index (χ4v) is 2.81. The number of hydrogen-bond donors (Lipinski definition) is 2. The van der Waals surface area contributed by atoms with E-state index in [-0.39, 0.29) is 0 Å². The zero-order valence-electron chi connectivity index (χ0n) is 8.96. The van der Waals surface area contributed by atoms with Crippen molar-refractivity contribution in [2.24, 2.45) is 0 Å². The number of aryl methyl sites for hydroxylation is 1. The average Bonchev–Trinajstić information content (AvgIpc) is 2.74. The van der Waals surface area contributed by atoms with Crippen LogP contribution in [0.4, 0.5) is 0 Å². The molecule has 0 spiro atoms. The number of hydrogen-bond acceptors (Lipinski definition) is 5. The van der Waals surface area contributed by atoms with E-state index >= 15 is 0 Å². The number of carbonyl (C=O) groups is 1. The number of aliphatic hydroxyl groups excluding tert-OH is 1. The molecule has 88 valence electrons. The molecule has 5 nitrogen and oxygen atoms in total. The second-order valence-corrected chi connectivity index (χ2v) is 5.34. The quantitative estimate of drug-likeness (QED) is 0.806. The van der Waals surface area contributed by atoms with Gasteiger partial charge in [0.05, 0.1) is 11.1 Å². The minimum Gasteiger partial charge on any atom is -0.480 e. The Labute approximate surface area is 97.4 Å². The lowest BCUT2D eigenvalue weighted by atomic mass is 10.2. The summed E-state index contributed by atoms with van der Waals surface area (Å²) in [4.78, 5) is 17.9. The standard InChI is InChI=1S/C10H14N2O3S/c1-6-11-3-8(16-6)5-12-4-7(13)2-9(12)10(14)15/h3,7,9,13H,2,4-5H2,1H3,(H,14,15). The molecule has 1 aromatic rings. The van der Waals surface area contributed by atoms with Crippen molar-refractivity contribution in [1.82, 2.24) is 9.88 Å². The van der Waals surface area contributed by atoms with Gasteiger partial charge in [0.2, 0.25) is 0 Å². The first-order valence-corrected chi connectivity index (χ1v) is 5.94. The normalized spacial score (nSPS) is 26.1. The van der Waals surface area contributed by atoms with Gasteiger partial charge in [0, 0.05) is 30.6 Å². The maximum atomic E-state index is 11.0. The molecule has 2 N–H and O–H groups in total. The van der Waals surface area contributed by atoms with Crippen molar-refractivity contribution in [3.8, 4) is 0 Å². The van der Waals surface area contributed by atoms with E-state index in [4.69, 9.17) is 5.11 Å². The van der Waals surface area contributed by atoms with Crippen LogP contribution in [0.15, 0.2) is 6.20 Å². The number of rotatable bonds is 3. The molecule has 0 radical (unpaired) electrons. The Morgan fingerprint density at radius 1 is 1.75 bits per heavy atom. The van der Waals surface area contributed by atoms with Gasteiger partial charge in [0.15, 0.2) is 0 Å². The fourth-order valence-electron chi connectivity index (χ4n) is 1.99. The third-order valence-electron chi connectivity index (χ3n) is 2.69. The molecule has 1 fully saturated rings. The molecule has 0 amide bonds. The summed E-state index contributed by atoms with van der Waals surface area (Å²) in [6, 6.07) is -0.572. The summed E-state index contributed by atoms with van der Waals surface area (Å²) < 4.78 is 0. The summed E-state index contributed by atoms with van der Waals surface area (Å²) >= 11 is 1.56. The zero-order valence-corrected chi connectivity index (χ0v) is 9.78. The number of nitrogens with zero attached hydrogens (tertiary/aromatic N) is 2. The molecule has 16 heavy (non-hydrogen) atoms. The molecule has 2 heterocycles. The van der Waals surface area contributed by atoms with Crippen LogP contribution in [0.1, 0.15) is 16.3 Å². The van der Waals surface area contributed by atoms with Gasteiger partial charge in [-0.15, -0.1) is 11.3 Å². The SMILES string of the molecule is Cc1ncc(CN2CC(O)CC2C(=O)O)s1. The highest BCUT2D eigenvalue weighted by atomic mass is 32.1. The number of aromatic nitrogens is 1. The number of likely N-dealkylation sites (tertiary alicyclic amines) is 1. The molecule has 0 bridgehead atoms. The van der Waals surface area contributed by atoms with Crippen molar-refractivity contribution in [3.05, 3.63) is 16.1 Å². The fraction of sp³-hybridized carbons (Fsp3) is 0.600. The van der Waals surface area contributed by atoms with E-state index in [0.717, 1.165) is 9.88 Å². The number of carboxylic acid groups (broad SMARTS) is 1. The summed E-state index contributed by atoms with van der Waals surface area (Å²) in [6.45, 7) is 2.90. The van der Waals surface area contributed by atoms with Gasteiger partial charge >= 0.3 is 5.97 Å². The Hall–Kier alpha value is -0.980. The lowest BCUT2D eigenvalue weighted by molar-refractivity contribution is -0.142. The van der Waals surface area contributed by atoms with Crippen LogP contribution >= 0.6 is 11.3 Å². The first-order valence-electron chi connectivity index (χ1n) is 5.12. The lowest BCUT2D eigenvalue weighted by Crippen LogP contribution is -2.35. The van der Waals surface area contributed by atoms with Crippen molar-refractivity contribution < 1.29 is 15.0 Å². The van der Waals surface area contributed by atoms with Gasteiger partial charge in [0.1, 0.15) is 6.04 Å². The molecule has 1 aromatic heterocycles. The predicted octanol–water partition coefficient (Wildman–Crippen LogP) is 0.471. The van der Waals surface area contributed by atoms with E-state index in [9.17, 15) is 9.90 Å². The van der Waals surface area contributed by atoms with E-state index in [1.807, 2.05) is 6.92 Å². The van der Waals surface area contributed by atoms with Gasteiger partial charge in [0.25, 0.3) is 0 Å². The topological polar surface area (TPSA) is 73.7 Å². The van der Waals surface area contributed by atoms with Crippen LogP contribution in [-0.4, -0.2) is 44.8 Å². The molecule has 1 aliphatic rings. The summed E-state index contributed by atoms with van der Waals surface area (Å²) in [5.41, 5.74) is 0. The van der Waals surface area contributed by atoms with Crippen molar-refractivity contribution in [3.63, 3.8) is 0 Å². The molecule has 2 rings (SSSR count). The molecule has 2 unspecified atom stereocenters. The van der Waals surface area contributed by atoms with Crippen LogP contribution in [0.2, 0.25) is 0 Å². The van der Waals surface area contributed by atoms with E-state index in [1.165, 1.54) is 0 Å². The Bertz CT molecular complexity index is 393. The predicted molar refractivity (Wildman–Crippen MR) is 59.3 cm³/mol. The van der Waals surface area contributed by atoms with Gasteiger partial charge in [-0.2, -0.15) is 0 Å². The van der Waals surface area contributed by atoms with Gasteiger partial charge < -0.3 is 10.2 Å². The molecule has 0 aromatic carbocycles. The highest BCUT2D eigenvalue weighted by Gasteiger charge is 2.35. The number of aliphatic hydroxyl groups is 1. The Morgan fingerprint density at radius 3 is 3.06 bits per heavy atom.